The van der Waals surface area contributed by atoms with E-state index < -0.39 is 0 Å². The third kappa shape index (κ3) is 2.84. The number of rotatable bonds is 4. The standard InChI is InChI=1S/C19H17N5O2/c1-11-17(18(24-26-11)13-6-4-3-5-7-13)14-8-15(10-16(9-14)23-25)19-20-12(2)21-22-19/h3-10,23,25H,1-2H3,(H,20,21,22). The van der Waals surface area contributed by atoms with E-state index in [1.54, 1.807) is 6.07 Å². The van der Waals surface area contributed by atoms with Crippen molar-refractivity contribution in [3.63, 3.8) is 0 Å². The first-order valence-corrected chi connectivity index (χ1v) is 8.12. The molecule has 0 atom stereocenters. The lowest BCUT2D eigenvalue weighted by Gasteiger charge is -2.08. The molecule has 0 amide bonds. The van der Waals surface area contributed by atoms with E-state index in [0.29, 0.717) is 17.3 Å². The van der Waals surface area contributed by atoms with Crippen LogP contribution in [0.5, 0.6) is 0 Å². The maximum absolute atomic E-state index is 9.45. The van der Waals surface area contributed by atoms with Gasteiger partial charge in [0.1, 0.15) is 17.3 Å². The maximum atomic E-state index is 9.45. The largest absolute Gasteiger partial charge is 0.360 e. The minimum atomic E-state index is 0.527. The van der Waals surface area contributed by atoms with E-state index in [1.165, 1.54) is 0 Å². The molecular weight excluding hydrogens is 330 g/mol. The van der Waals surface area contributed by atoms with Gasteiger partial charge in [0.15, 0.2) is 5.82 Å². The van der Waals surface area contributed by atoms with E-state index in [0.717, 1.165) is 33.8 Å². The summed E-state index contributed by atoms with van der Waals surface area (Å²) in [4.78, 5) is 4.37. The second-order valence-corrected chi connectivity index (χ2v) is 5.98. The van der Waals surface area contributed by atoms with E-state index in [9.17, 15) is 5.21 Å². The van der Waals surface area contributed by atoms with Gasteiger partial charge in [0, 0.05) is 11.1 Å². The molecule has 4 aromatic rings. The van der Waals surface area contributed by atoms with Crippen LogP contribution in [-0.4, -0.2) is 25.5 Å². The molecule has 0 aliphatic heterocycles. The number of nitrogens with one attached hydrogen (secondary N) is 2. The summed E-state index contributed by atoms with van der Waals surface area (Å²) in [6, 6.07) is 15.4. The lowest BCUT2D eigenvalue weighted by Crippen LogP contribution is -1.93. The lowest BCUT2D eigenvalue weighted by atomic mass is 9.97. The Morgan fingerprint density at radius 3 is 2.46 bits per heavy atom. The van der Waals surface area contributed by atoms with Crippen LogP contribution < -0.4 is 5.48 Å². The van der Waals surface area contributed by atoms with Crippen LogP contribution >= 0.6 is 0 Å². The van der Waals surface area contributed by atoms with Crippen LogP contribution in [0.15, 0.2) is 53.1 Å². The Morgan fingerprint density at radius 1 is 1.00 bits per heavy atom. The van der Waals surface area contributed by atoms with Crippen LogP contribution in [0, 0.1) is 13.8 Å². The molecule has 0 aliphatic rings. The van der Waals surface area contributed by atoms with Crippen LogP contribution in [0.4, 0.5) is 5.69 Å². The number of aromatic nitrogens is 4. The molecule has 7 heteroatoms. The van der Waals surface area contributed by atoms with Crippen LogP contribution in [0.2, 0.25) is 0 Å². The van der Waals surface area contributed by atoms with Gasteiger partial charge in [-0.3, -0.25) is 15.8 Å². The molecular formula is C19H17N5O2. The van der Waals surface area contributed by atoms with Crippen LogP contribution in [-0.2, 0) is 0 Å². The van der Waals surface area contributed by atoms with E-state index in [1.807, 2.05) is 56.3 Å². The summed E-state index contributed by atoms with van der Waals surface area (Å²) < 4.78 is 5.46. The van der Waals surface area contributed by atoms with Gasteiger partial charge in [-0.25, -0.2) is 4.98 Å². The van der Waals surface area contributed by atoms with E-state index in [-0.39, 0.29) is 0 Å². The zero-order chi connectivity index (χ0) is 18.1. The van der Waals surface area contributed by atoms with Gasteiger partial charge in [-0.15, -0.1) is 0 Å². The zero-order valence-electron chi connectivity index (χ0n) is 14.3. The van der Waals surface area contributed by atoms with Gasteiger partial charge < -0.3 is 4.52 Å². The molecule has 26 heavy (non-hydrogen) atoms. The van der Waals surface area contributed by atoms with Crippen molar-refractivity contribution < 1.29 is 9.73 Å². The summed E-state index contributed by atoms with van der Waals surface area (Å²) >= 11 is 0. The Balaban J connectivity index is 1.90. The highest BCUT2D eigenvalue weighted by Crippen LogP contribution is 2.37. The highest BCUT2D eigenvalue weighted by molar-refractivity contribution is 5.85. The lowest BCUT2D eigenvalue weighted by molar-refractivity contribution is 0.389. The molecule has 0 bridgehead atoms. The maximum Gasteiger partial charge on any atom is 0.181 e. The number of hydrogen-bond acceptors (Lipinski definition) is 6. The van der Waals surface area contributed by atoms with Crippen LogP contribution in [0.3, 0.4) is 0 Å². The van der Waals surface area contributed by atoms with Crippen molar-refractivity contribution in [1.29, 1.82) is 0 Å². The molecule has 2 aromatic heterocycles. The fourth-order valence-electron chi connectivity index (χ4n) is 2.94. The summed E-state index contributed by atoms with van der Waals surface area (Å²) in [6.07, 6.45) is 0. The smallest absolute Gasteiger partial charge is 0.181 e. The first-order valence-electron chi connectivity index (χ1n) is 8.12. The summed E-state index contributed by atoms with van der Waals surface area (Å²) in [7, 11) is 0. The molecule has 0 saturated carbocycles. The third-order valence-electron chi connectivity index (χ3n) is 4.12. The molecule has 130 valence electrons. The Hall–Kier alpha value is -3.45. The molecule has 2 heterocycles. The number of benzene rings is 2. The molecule has 0 spiro atoms. The monoisotopic (exact) mass is 347 g/mol. The summed E-state index contributed by atoms with van der Waals surface area (Å²) in [5.74, 6) is 1.96. The number of H-pyrrole nitrogens is 1. The molecule has 4 rings (SSSR count). The van der Waals surface area contributed by atoms with Crippen molar-refractivity contribution in [2.45, 2.75) is 13.8 Å². The van der Waals surface area contributed by atoms with Crippen molar-refractivity contribution in [2.24, 2.45) is 0 Å². The van der Waals surface area contributed by atoms with Gasteiger partial charge in [-0.1, -0.05) is 35.5 Å². The van der Waals surface area contributed by atoms with Gasteiger partial charge in [0.05, 0.1) is 11.3 Å². The average Bonchev–Trinajstić information content (AvgIpc) is 3.28. The minimum Gasteiger partial charge on any atom is -0.360 e. The molecule has 0 radical (unpaired) electrons. The number of hydrogen-bond donors (Lipinski definition) is 3. The van der Waals surface area contributed by atoms with Crippen LogP contribution in [0.1, 0.15) is 11.6 Å². The molecule has 2 aromatic carbocycles. The Labute approximate surface area is 149 Å². The third-order valence-corrected chi connectivity index (χ3v) is 4.12. The highest BCUT2D eigenvalue weighted by atomic mass is 16.5. The topological polar surface area (TPSA) is 99.9 Å². The second kappa shape index (κ2) is 6.45. The molecule has 7 nitrogen and oxygen atoms in total. The summed E-state index contributed by atoms with van der Waals surface area (Å²) in [5.41, 5.74) is 6.91. The first kappa shape index (κ1) is 16.0. The quantitative estimate of drug-likeness (QED) is 0.478. The number of anilines is 1. The highest BCUT2D eigenvalue weighted by Gasteiger charge is 2.18. The van der Waals surface area contributed by atoms with Gasteiger partial charge in [0.25, 0.3) is 0 Å². The molecule has 0 unspecified atom stereocenters. The van der Waals surface area contributed by atoms with Crippen molar-refractivity contribution >= 4 is 5.69 Å². The van der Waals surface area contributed by atoms with Gasteiger partial charge in [0.2, 0.25) is 0 Å². The predicted molar refractivity (Wildman–Crippen MR) is 97.6 cm³/mol. The number of aryl methyl sites for hydroxylation is 2. The van der Waals surface area contributed by atoms with E-state index in [4.69, 9.17) is 4.52 Å². The van der Waals surface area contributed by atoms with Crippen molar-refractivity contribution in [1.82, 2.24) is 20.3 Å². The normalized spacial score (nSPS) is 10.9. The number of nitrogens with zero attached hydrogens (tertiary/aromatic N) is 3. The van der Waals surface area contributed by atoms with Crippen LogP contribution in [0.25, 0.3) is 33.8 Å². The summed E-state index contributed by atoms with van der Waals surface area (Å²) in [6.45, 7) is 3.70. The zero-order valence-corrected chi connectivity index (χ0v) is 14.3. The predicted octanol–water partition coefficient (Wildman–Crippen LogP) is 4.21. The SMILES string of the molecule is Cc1nc(-c2cc(NO)cc(-c3c(-c4ccccc4)noc3C)c2)n[nH]1. The fourth-order valence-corrected chi connectivity index (χ4v) is 2.94. The van der Waals surface area contributed by atoms with E-state index in [2.05, 4.69) is 25.8 Å². The van der Waals surface area contributed by atoms with E-state index >= 15 is 0 Å². The molecule has 3 N–H and O–H groups in total. The Kier molecular flexibility index (Phi) is 3.98. The average molecular weight is 347 g/mol. The first-order chi connectivity index (χ1) is 12.7. The number of aromatic amines is 1. The molecule has 0 saturated heterocycles. The fraction of sp³-hybridized carbons (Fsp3) is 0.105. The van der Waals surface area contributed by atoms with Crippen molar-refractivity contribution in [3.05, 3.63) is 60.1 Å². The Morgan fingerprint density at radius 2 is 1.77 bits per heavy atom. The van der Waals surface area contributed by atoms with Gasteiger partial charge >= 0.3 is 0 Å². The van der Waals surface area contributed by atoms with Crippen molar-refractivity contribution in [3.8, 4) is 33.8 Å². The van der Waals surface area contributed by atoms with Crippen molar-refractivity contribution in [2.75, 3.05) is 5.48 Å². The second-order valence-electron chi connectivity index (χ2n) is 5.98. The van der Waals surface area contributed by atoms with Gasteiger partial charge in [-0.05, 0) is 37.6 Å². The molecule has 0 fully saturated rings. The Bertz CT molecular complexity index is 1050. The van der Waals surface area contributed by atoms with Gasteiger partial charge in [-0.2, -0.15) is 5.10 Å². The minimum absolute atomic E-state index is 0.527. The summed E-state index contributed by atoms with van der Waals surface area (Å²) in [5, 5.41) is 20.7. The molecule has 0 aliphatic carbocycles.